The van der Waals surface area contributed by atoms with Crippen molar-refractivity contribution in [1.82, 2.24) is 0 Å². The lowest BCUT2D eigenvalue weighted by Crippen LogP contribution is -2.46. The molecule has 0 aromatic carbocycles. The summed E-state index contributed by atoms with van der Waals surface area (Å²) in [5.41, 5.74) is 1.01. The molecule has 202 valence electrons. The third kappa shape index (κ3) is 7.87. The average molecular weight is 503 g/mol. The molecule has 0 unspecified atom stereocenters. The van der Waals surface area contributed by atoms with Gasteiger partial charge in [0.25, 0.3) is 0 Å². The van der Waals surface area contributed by atoms with Crippen molar-refractivity contribution in [2.45, 2.75) is 111 Å². The molecule has 1 aliphatic carbocycles. The summed E-state index contributed by atoms with van der Waals surface area (Å²) in [6.07, 6.45) is 13.0. The number of ether oxygens (including phenoxy) is 3. The van der Waals surface area contributed by atoms with Gasteiger partial charge in [-0.2, -0.15) is 0 Å². The van der Waals surface area contributed by atoms with Crippen molar-refractivity contribution >= 4 is 11.8 Å². The first-order valence-electron chi connectivity index (χ1n) is 13.5. The smallest absolute Gasteiger partial charge is 0.303 e. The summed E-state index contributed by atoms with van der Waals surface area (Å²) in [5, 5.41) is 10.8. The molecule has 6 nitrogen and oxygen atoms in total. The second kappa shape index (κ2) is 11.7. The monoisotopic (exact) mass is 502 g/mol. The predicted molar refractivity (Wildman–Crippen MR) is 140 cm³/mol. The number of aliphatic hydroxyl groups excluding tert-OH is 1. The molecule has 3 fully saturated rings. The van der Waals surface area contributed by atoms with Crippen LogP contribution >= 0.6 is 0 Å². The first-order valence-corrected chi connectivity index (χ1v) is 13.5. The number of rotatable bonds is 9. The maximum absolute atomic E-state index is 12.4. The number of hydrogen-bond acceptors (Lipinski definition) is 6. The minimum absolute atomic E-state index is 0.00744. The molecule has 1 N–H and O–H groups in total. The topological polar surface area (TPSA) is 85.4 Å². The van der Waals surface area contributed by atoms with Crippen LogP contribution in [0.15, 0.2) is 36.0 Å². The summed E-state index contributed by atoms with van der Waals surface area (Å²) in [4.78, 5) is 23.4. The molecular formula is C30H46O6. The number of ketones is 1. The van der Waals surface area contributed by atoms with E-state index in [-0.39, 0.29) is 46.8 Å². The highest BCUT2D eigenvalue weighted by atomic mass is 16.6. The Kier molecular flexibility index (Phi) is 9.40. The highest BCUT2D eigenvalue weighted by Gasteiger charge is 2.59. The van der Waals surface area contributed by atoms with Crippen molar-refractivity contribution in [3.63, 3.8) is 0 Å². The zero-order valence-corrected chi connectivity index (χ0v) is 23.2. The summed E-state index contributed by atoms with van der Waals surface area (Å²) in [6.45, 7) is 14.6. The Morgan fingerprint density at radius 2 is 1.89 bits per heavy atom. The van der Waals surface area contributed by atoms with Gasteiger partial charge in [-0.15, -0.1) is 0 Å². The van der Waals surface area contributed by atoms with Crippen LogP contribution in [-0.4, -0.2) is 53.5 Å². The second-order valence-electron chi connectivity index (χ2n) is 12.2. The van der Waals surface area contributed by atoms with Crippen molar-refractivity contribution in [2.75, 3.05) is 6.61 Å². The van der Waals surface area contributed by atoms with E-state index < -0.39 is 12.2 Å². The van der Waals surface area contributed by atoms with Gasteiger partial charge in [-0.05, 0) is 75.9 Å². The fourth-order valence-electron chi connectivity index (χ4n) is 6.06. The molecule has 2 saturated heterocycles. The Balaban J connectivity index is 1.49. The Bertz CT molecular complexity index is 880. The number of aliphatic hydroxyl groups is 1. The SMILES string of the molecule is CC(=O)O[C@@H](C)/C=C\C(=O)C[C@@H]1C[C@H](C)[C@H](C/C=C(C)/C=C/[C@H]2CC(C)(C)C[C@@]3(CO3)[C@@H]2O)O[C@@H]1C. The van der Waals surface area contributed by atoms with Gasteiger partial charge in [0.1, 0.15) is 11.7 Å². The third-order valence-corrected chi connectivity index (χ3v) is 8.04. The molecule has 3 aliphatic rings. The number of esters is 1. The van der Waals surface area contributed by atoms with E-state index in [9.17, 15) is 14.7 Å². The van der Waals surface area contributed by atoms with Gasteiger partial charge in [-0.1, -0.05) is 44.6 Å². The molecule has 0 aromatic heterocycles. The predicted octanol–water partition coefficient (Wildman–Crippen LogP) is 5.34. The molecule has 0 aromatic rings. The van der Waals surface area contributed by atoms with Crippen LogP contribution in [-0.2, 0) is 23.8 Å². The molecule has 0 amide bonds. The van der Waals surface area contributed by atoms with Gasteiger partial charge in [-0.25, -0.2) is 0 Å². The highest BCUT2D eigenvalue weighted by Crippen LogP contribution is 2.52. The maximum atomic E-state index is 12.4. The van der Waals surface area contributed by atoms with E-state index in [0.29, 0.717) is 18.9 Å². The van der Waals surface area contributed by atoms with Gasteiger partial charge in [0.05, 0.1) is 24.9 Å². The fourth-order valence-corrected chi connectivity index (χ4v) is 6.06. The molecule has 36 heavy (non-hydrogen) atoms. The minimum Gasteiger partial charge on any atom is -0.459 e. The Morgan fingerprint density at radius 1 is 1.19 bits per heavy atom. The minimum atomic E-state index is -0.434. The molecule has 6 heteroatoms. The Hall–Kier alpha value is -1.76. The van der Waals surface area contributed by atoms with Crippen molar-refractivity contribution in [2.24, 2.45) is 23.2 Å². The highest BCUT2D eigenvalue weighted by molar-refractivity contribution is 5.89. The van der Waals surface area contributed by atoms with Crippen LogP contribution in [0.5, 0.6) is 0 Å². The second-order valence-corrected chi connectivity index (χ2v) is 12.2. The van der Waals surface area contributed by atoms with E-state index in [1.807, 2.05) is 0 Å². The Morgan fingerprint density at radius 3 is 2.53 bits per heavy atom. The van der Waals surface area contributed by atoms with Crippen LogP contribution in [0.25, 0.3) is 0 Å². The van der Waals surface area contributed by atoms with Crippen LogP contribution in [0, 0.1) is 23.2 Å². The van der Waals surface area contributed by atoms with E-state index in [4.69, 9.17) is 14.2 Å². The number of allylic oxidation sites excluding steroid dienone is 3. The van der Waals surface area contributed by atoms with Crippen LogP contribution in [0.1, 0.15) is 80.6 Å². The lowest BCUT2D eigenvalue weighted by Gasteiger charge is -2.41. The number of hydrogen-bond donors (Lipinski definition) is 1. The molecule has 2 aliphatic heterocycles. The standard InChI is InChI=1S/C30H46O6/c1-19(8-11-24-16-29(6,7)17-30(18-34-30)28(24)33)9-13-27-20(2)14-25(22(4)36-27)15-26(32)12-10-21(3)35-23(5)31/h8-12,20-22,24-25,27-28,33H,13-18H2,1-7H3/b11-8+,12-10-,19-9+/t20-,21-,22+,24-,25-,27-,28+,30+/m0/s1. The van der Waals surface area contributed by atoms with Crippen LogP contribution in [0.2, 0.25) is 0 Å². The summed E-state index contributed by atoms with van der Waals surface area (Å²) >= 11 is 0. The molecule has 3 rings (SSSR count). The maximum Gasteiger partial charge on any atom is 0.303 e. The van der Waals surface area contributed by atoms with E-state index in [0.717, 1.165) is 25.7 Å². The molecular weight excluding hydrogens is 456 g/mol. The summed E-state index contributed by atoms with van der Waals surface area (Å²) < 4.78 is 17.1. The van der Waals surface area contributed by atoms with Gasteiger partial charge in [0.2, 0.25) is 0 Å². The van der Waals surface area contributed by atoms with Crippen LogP contribution < -0.4 is 0 Å². The van der Waals surface area contributed by atoms with E-state index in [2.05, 4.69) is 52.8 Å². The molecule has 0 bridgehead atoms. The van der Waals surface area contributed by atoms with E-state index in [1.165, 1.54) is 18.6 Å². The molecule has 8 atom stereocenters. The number of carbonyl (C=O) groups is 2. The molecule has 1 saturated carbocycles. The third-order valence-electron chi connectivity index (χ3n) is 8.04. The van der Waals surface area contributed by atoms with Gasteiger partial charge >= 0.3 is 5.97 Å². The first kappa shape index (κ1) is 28.8. The lowest BCUT2D eigenvalue weighted by atomic mass is 9.65. The van der Waals surface area contributed by atoms with E-state index >= 15 is 0 Å². The zero-order chi connectivity index (χ0) is 26.7. The summed E-state index contributed by atoms with van der Waals surface area (Å²) in [6, 6.07) is 0. The van der Waals surface area contributed by atoms with Crippen molar-refractivity contribution < 1.29 is 28.9 Å². The van der Waals surface area contributed by atoms with Crippen molar-refractivity contribution in [3.05, 3.63) is 36.0 Å². The van der Waals surface area contributed by atoms with Gasteiger partial charge in [0.15, 0.2) is 5.78 Å². The van der Waals surface area contributed by atoms with Crippen molar-refractivity contribution in [1.29, 1.82) is 0 Å². The number of carbonyl (C=O) groups excluding carboxylic acids is 2. The fraction of sp³-hybridized carbons (Fsp3) is 0.733. The largest absolute Gasteiger partial charge is 0.459 e. The van der Waals surface area contributed by atoms with Crippen LogP contribution in [0.3, 0.4) is 0 Å². The summed E-state index contributed by atoms with van der Waals surface area (Å²) in [7, 11) is 0. The quantitative estimate of drug-likeness (QED) is 0.198. The normalized spacial score (nSPS) is 37.4. The van der Waals surface area contributed by atoms with Crippen LogP contribution in [0.4, 0.5) is 0 Å². The summed E-state index contributed by atoms with van der Waals surface area (Å²) in [5.74, 6) is 0.311. The van der Waals surface area contributed by atoms with Gasteiger partial charge in [0, 0.05) is 19.3 Å². The van der Waals surface area contributed by atoms with Gasteiger partial charge in [-0.3, -0.25) is 9.59 Å². The molecule has 2 heterocycles. The number of epoxide rings is 1. The van der Waals surface area contributed by atoms with Gasteiger partial charge < -0.3 is 19.3 Å². The first-order chi connectivity index (χ1) is 16.8. The molecule has 1 spiro atoms. The van der Waals surface area contributed by atoms with E-state index in [1.54, 1.807) is 13.0 Å². The zero-order valence-electron chi connectivity index (χ0n) is 23.2. The molecule has 0 radical (unpaired) electrons. The lowest BCUT2D eigenvalue weighted by molar-refractivity contribution is -0.143. The average Bonchev–Trinajstić information content (AvgIpc) is 3.54. The Labute approximate surface area is 217 Å². The van der Waals surface area contributed by atoms with Crippen molar-refractivity contribution in [3.8, 4) is 0 Å².